The molecule has 0 spiro atoms. The van der Waals surface area contributed by atoms with Crippen LogP contribution in [0.5, 0.6) is 0 Å². The van der Waals surface area contributed by atoms with Crippen LogP contribution in [0.4, 0.5) is 0 Å². The topological polar surface area (TPSA) is 0 Å². The molecule has 1 unspecified atom stereocenters. The van der Waals surface area contributed by atoms with Gasteiger partial charge < -0.3 is 0 Å². The summed E-state index contributed by atoms with van der Waals surface area (Å²) in [6.07, 6.45) is 9.26. The van der Waals surface area contributed by atoms with Crippen molar-refractivity contribution in [2.45, 2.75) is 57.8 Å². The molecule has 2 aromatic rings. The number of allylic oxidation sites excluding steroid dienone is 1. The lowest BCUT2D eigenvalue weighted by Crippen LogP contribution is -2.02. The Hall–Kier alpha value is -1.82. The lowest BCUT2D eigenvalue weighted by molar-refractivity contribution is 0.576. The summed E-state index contributed by atoms with van der Waals surface area (Å²) in [6.45, 7) is 6.70. The van der Waals surface area contributed by atoms with Crippen molar-refractivity contribution in [1.29, 1.82) is 0 Å². The molecule has 23 heavy (non-hydrogen) atoms. The summed E-state index contributed by atoms with van der Waals surface area (Å²) in [5.41, 5.74) is 3.92. The Morgan fingerprint density at radius 1 is 0.783 bits per heavy atom. The molecular weight excluding hydrogens is 276 g/mol. The van der Waals surface area contributed by atoms with E-state index >= 15 is 0 Å². The van der Waals surface area contributed by atoms with Crippen LogP contribution in [0.2, 0.25) is 0 Å². The van der Waals surface area contributed by atoms with Crippen LogP contribution < -0.4 is 0 Å². The standard InChI is InChI=1S/C23H30/c1-3-4-5-6-7-14-19-23(22-17-12-9-13-18-22)20(2)21-15-10-8-11-16-21/h8-13,15-18,23H,2-7,14,19H2,1H3. The average molecular weight is 306 g/mol. The van der Waals surface area contributed by atoms with Gasteiger partial charge in [-0.2, -0.15) is 0 Å². The maximum Gasteiger partial charge on any atom is 0.00894 e. The molecule has 2 rings (SSSR count). The minimum absolute atomic E-state index is 0.435. The Balaban J connectivity index is 2.00. The fourth-order valence-electron chi connectivity index (χ4n) is 3.21. The van der Waals surface area contributed by atoms with Crippen molar-refractivity contribution in [3.8, 4) is 0 Å². The number of rotatable bonds is 10. The predicted octanol–water partition coefficient (Wildman–Crippen LogP) is 7.23. The summed E-state index contributed by atoms with van der Waals surface area (Å²) in [7, 11) is 0. The van der Waals surface area contributed by atoms with Crippen LogP contribution >= 0.6 is 0 Å². The first-order valence-corrected chi connectivity index (χ1v) is 9.12. The second kappa shape index (κ2) is 10.0. The monoisotopic (exact) mass is 306 g/mol. The first kappa shape index (κ1) is 17.5. The molecule has 0 fully saturated rings. The highest BCUT2D eigenvalue weighted by Gasteiger charge is 2.16. The Kier molecular flexibility index (Phi) is 7.66. The van der Waals surface area contributed by atoms with Gasteiger partial charge in [-0.15, -0.1) is 0 Å². The molecule has 122 valence electrons. The van der Waals surface area contributed by atoms with Gasteiger partial charge in [-0.3, -0.25) is 0 Å². The highest BCUT2D eigenvalue weighted by molar-refractivity contribution is 5.69. The van der Waals surface area contributed by atoms with Crippen molar-refractivity contribution >= 4 is 5.57 Å². The number of unbranched alkanes of at least 4 members (excludes halogenated alkanes) is 5. The van der Waals surface area contributed by atoms with E-state index in [1.807, 2.05) is 0 Å². The lowest BCUT2D eigenvalue weighted by Gasteiger charge is -2.20. The Bertz CT molecular complexity index is 553. The van der Waals surface area contributed by atoms with Crippen LogP contribution in [0.15, 0.2) is 67.2 Å². The molecule has 0 aliphatic heterocycles. The number of benzene rings is 2. The van der Waals surface area contributed by atoms with Crippen LogP contribution in [0, 0.1) is 0 Å². The maximum absolute atomic E-state index is 4.43. The van der Waals surface area contributed by atoms with E-state index in [9.17, 15) is 0 Å². The molecule has 0 N–H and O–H groups in total. The molecule has 0 amide bonds. The van der Waals surface area contributed by atoms with Gasteiger partial charge in [0.25, 0.3) is 0 Å². The smallest absolute Gasteiger partial charge is 0.00894 e. The van der Waals surface area contributed by atoms with Gasteiger partial charge in [0.15, 0.2) is 0 Å². The van der Waals surface area contributed by atoms with E-state index < -0.39 is 0 Å². The van der Waals surface area contributed by atoms with Crippen molar-refractivity contribution in [1.82, 2.24) is 0 Å². The van der Waals surface area contributed by atoms with E-state index in [0.717, 1.165) is 0 Å². The zero-order chi connectivity index (χ0) is 16.3. The minimum atomic E-state index is 0.435. The number of hydrogen-bond donors (Lipinski definition) is 0. The Morgan fingerprint density at radius 3 is 2.00 bits per heavy atom. The average Bonchev–Trinajstić information content (AvgIpc) is 2.62. The predicted molar refractivity (Wildman–Crippen MR) is 103 cm³/mol. The van der Waals surface area contributed by atoms with Crippen LogP contribution in [0.1, 0.15) is 68.9 Å². The molecule has 0 aromatic heterocycles. The Labute approximate surface area is 142 Å². The molecule has 0 bridgehead atoms. The second-order valence-corrected chi connectivity index (χ2v) is 6.41. The van der Waals surface area contributed by atoms with Crippen molar-refractivity contribution in [3.05, 3.63) is 78.4 Å². The summed E-state index contributed by atoms with van der Waals surface area (Å²) >= 11 is 0. The molecule has 0 saturated heterocycles. The molecule has 2 aromatic carbocycles. The van der Waals surface area contributed by atoms with Gasteiger partial charge in [0.05, 0.1) is 0 Å². The molecule has 0 saturated carbocycles. The summed E-state index contributed by atoms with van der Waals surface area (Å²) in [4.78, 5) is 0. The zero-order valence-electron chi connectivity index (χ0n) is 14.5. The fourth-order valence-corrected chi connectivity index (χ4v) is 3.21. The molecular formula is C23H30. The maximum atomic E-state index is 4.43. The first-order valence-electron chi connectivity index (χ1n) is 9.12. The summed E-state index contributed by atoms with van der Waals surface area (Å²) in [6, 6.07) is 21.5. The molecule has 0 heterocycles. The van der Waals surface area contributed by atoms with Crippen molar-refractivity contribution in [2.75, 3.05) is 0 Å². The molecule has 0 radical (unpaired) electrons. The van der Waals surface area contributed by atoms with Crippen molar-refractivity contribution in [3.63, 3.8) is 0 Å². The normalized spacial score (nSPS) is 12.0. The van der Waals surface area contributed by atoms with Gasteiger partial charge in [0, 0.05) is 5.92 Å². The van der Waals surface area contributed by atoms with E-state index in [2.05, 4.69) is 74.2 Å². The van der Waals surface area contributed by atoms with Crippen LogP contribution in [0.3, 0.4) is 0 Å². The van der Waals surface area contributed by atoms with E-state index in [0.29, 0.717) is 5.92 Å². The third-order valence-corrected chi connectivity index (χ3v) is 4.61. The second-order valence-electron chi connectivity index (χ2n) is 6.41. The third-order valence-electron chi connectivity index (χ3n) is 4.61. The molecule has 1 atom stereocenters. The number of hydrogen-bond acceptors (Lipinski definition) is 0. The molecule has 0 aliphatic carbocycles. The molecule has 0 heteroatoms. The summed E-state index contributed by atoms with van der Waals surface area (Å²) < 4.78 is 0. The van der Waals surface area contributed by atoms with Gasteiger partial charge in [-0.05, 0) is 23.1 Å². The van der Waals surface area contributed by atoms with Gasteiger partial charge in [-0.25, -0.2) is 0 Å². The zero-order valence-corrected chi connectivity index (χ0v) is 14.5. The van der Waals surface area contributed by atoms with Crippen LogP contribution in [0.25, 0.3) is 5.57 Å². The van der Waals surface area contributed by atoms with Gasteiger partial charge in [0.1, 0.15) is 0 Å². The van der Waals surface area contributed by atoms with Gasteiger partial charge in [-0.1, -0.05) is 113 Å². The highest BCUT2D eigenvalue weighted by atomic mass is 14.2. The Morgan fingerprint density at radius 2 is 1.35 bits per heavy atom. The van der Waals surface area contributed by atoms with E-state index in [1.165, 1.54) is 61.6 Å². The van der Waals surface area contributed by atoms with E-state index in [-0.39, 0.29) is 0 Å². The minimum Gasteiger partial charge on any atom is -0.0946 e. The molecule has 0 aliphatic rings. The fraction of sp³-hybridized carbons (Fsp3) is 0.391. The lowest BCUT2D eigenvalue weighted by atomic mass is 9.84. The van der Waals surface area contributed by atoms with Crippen LogP contribution in [-0.2, 0) is 0 Å². The SMILES string of the molecule is C=C(c1ccccc1)C(CCCCCCCC)c1ccccc1. The largest absolute Gasteiger partial charge is 0.0946 e. The van der Waals surface area contributed by atoms with Crippen molar-refractivity contribution < 1.29 is 0 Å². The van der Waals surface area contributed by atoms with Crippen molar-refractivity contribution in [2.24, 2.45) is 0 Å². The van der Waals surface area contributed by atoms with Crippen LogP contribution in [-0.4, -0.2) is 0 Å². The highest BCUT2D eigenvalue weighted by Crippen LogP contribution is 2.35. The third kappa shape index (κ3) is 5.71. The first-order chi connectivity index (χ1) is 11.3. The van der Waals surface area contributed by atoms with E-state index in [4.69, 9.17) is 0 Å². The summed E-state index contributed by atoms with van der Waals surface area (Å²) in [5, 5.41) is 0. The van der Waals surface area contributed by atoms with Gasteiger partial charge in [0.2, 0.25) is 0 Å². The van der Waals surface area contributed by atoms with E-state index in [1.54, 1.807) is 0 Å². The van der Waals surface area contributed by atoms with Gasteiger partial charge >= 0.3 is 0 Å². The summed E-state index contributed by atoms with van der Waals surface area (Å²) in [5.74, 6) is 0.435. The molecule has 0 nitrogen and oxygen atoms in total. The quantitative estimate of drug-likeness (QED) is 0.406.